The van der Waals surface area contributed by atoms with Crippen LogP contribution in [0.3, 0.4) is 0 Å². The number of carbonyl (C=O) groups is 1. The number of carbonyl (C=O) groups excluding carboxylic acids is 1. The van der Waals surface area contributed by atoms with Crippen LogP contribution >= 0.6 is 11.3 Å². The Balaban J connectivity index is 1.57. The van der Waals surface area contributed by atoms with E-state index in [9.17, 15) is 4.79 Å². The van der Waals surface area contributed by atoms with Gasteiger partial charge < -0.3 is 5.32 Å². The molecule has 0 spiro atoms. The summed E-state index contributed by atoms with van der Waals surface area (Å²) in [6, 6.07) is 2.07. The first-order valence-electron chi connectivity index (χ1n) is 6.42. The van der Waals surface area contributed by atoms with E-state index >= 15 is 0 Å². The molecule has 4 rings (SSSR count). The second kappa shape index (κ2) is 3.86. The number of nitrogens with one attached hydrogen (secondary N) is 2. The number of amides is 1. The van der Waals surface area contributed by atoms with Gasteiger partial charge in [0.1, 0.15) is 5.54 Å². The van der Waals surface area contributed by atoms with Gasteiger partial charge in [-0.15, -0.1) is 21.5 Å². The van der Waals surface area contributed by atoms with Crippen LogP contribution in [0, 0.1) is 0 Å². The highest BCUT2D eigenvalue weighted by Gasteiger charge is 2.50. The van der Waals surface area contributed by atoms with Crippen molar-refractivity contribution in [2.45, 2.75) is 37.1 Å². The zero-order chi connectivity index (χ0) is 12.9. The third kappa shape index (κ3) is 1.85. The number of nitrogens with zero attached hydrogens (tertiary/aromatic N) is 3. The fourth-order valence-corrected chi connectivity index (χ4v) is 3.27. The lowest BCUT2D eigenvalue weighted by Crippen LogP contribution is -2.35. The molecule has 0 radical (unpaired) electrons. The van der Waals surface area contributed by atoms with Gasteiger partial charge in [-0.1, -0.05) is 5.21 Å². The zero-order valence-corrected chi connectivity index (χ0v) is 11.0. The second-order valence-electron chi connectivity index (χ2n) is 5.25. The van der Waals surface area contributed by atoms with Gasteiger partial charge in [0.2, 0.25) is 0 Å². The lowest BCUT2D eigenvalue weighted by molar-refractivity contribution is 0.0932. The van der Waals surface area contributed by atoms with Crippen molar-refractivity contribution < 1.29 is 4.79 Å². The smallest absolute Gasteiger partial charge is 0.262 e. The third-order valence-corrected chi connectivity index (χ3v) is 4.72. The summed E-state index contributed by atoms with van der Waals surface area (Å²) < 4.78 is 0. The second-order valence-corrected chi connectivity index (χ2v) is 6.17. The highest BCUT2D eigenvalue weighted by Crippen LogP contribution is 2.46. The Labute approximate surface area is 113 Å². The summed E-state index contributed by atoms with van der Waals surface area (Å²) in [6.45, 7) is 0. The molecule has 98 valence electrons. The first kappa shape index (κ1) is 11.1. The van der Waals surface area contributed by atoms with E-state index in [1.165, 1.54) is 29.7 Å². The molecule has 2 N–H and O–H groups in total. The van der Waals surface area contributed by atoms with Gasteiger partial charge in [-0.05, 0) is 48.6 Å². The molecule has 7 heteroatoms. The van der Waals surface area contributed by atoms with Crippen molar-refractivity contribution in [2.75, 3.05) is 0 Å². The van der Waals surface area contributed by atoms with Crippen LogP contribution in [0.1, 0.15) is 52.7 Å². The minimum atomic E-state index is -0.394. The molecule has 2 aliphatic carbocycles. The van der Waals surface area contributed by atoms with E-state index in [4.69, 9.17) is 0 Å². The topological polar surface area (TPSA) is 83.6 Å². The van der Waals surface area contributed by atoms with Crippen LogP contribution in [0.4, 0.5) is 0 Å². The fraction of sp³-hybridized carbons (Fsp3) is 0.500. The van der Waals surface area contributed by atoms with Crippen molar-refractivity contribution in [3.63, 3.8) is 0 Å². The summed E-state index contributed by atoms with van der Waals surface area (Å²) in [5.74, 6) is 1.18. The Morgan fingerprint density at radius 1 is 1.47 bits per heavy atom. The first-order chi connectivity index (χ1) is 9.28. The molecule has 2 aromatic heterocycles. The average molecular weight is 275 g/mol. The Kier molecular flexibility index (Phi) is 2.26. The fourth-order valence-electron chi connectivity index (χ4n) is 2.39. The maximum absolute atomic E-state index is 12.4. The normalized spacial score (nSPS) is 20.2. The molecule has 0 aromatic carbocycles. The number of aromatic amines is 1. The van der Waals surface area contributed by atoms with Gasteiger partial charge in [-0.2, -0.15) is 5.21 Å². The van der Waals surface area contributed by atoms with Crippen molar-refractivity contribution in [3.8, 4) is 0 Å². The summed E-state index contributed by atoms with van der Waals surface area (Å²) in [7, 11) is 0. The Morgan fingerprint density at radius 2 is 2.32 bits per heavy atom. The van der Waals surface area contributed by atoms with Crippen LogP contribution in [-0.4, -0.2) is 26.5 Å². The van der Waals surface area contributed by atoms with Gasteiger partial charge in [-0.3, -0.25) is 4.79 Å². The molecule has 2 saturated carbocycles. The lowest BCUT2D eigenvalue weighted by Gasteiger charge is -2.13. The van der Waals surface area contributed by atoms with Gasteiger partial charge in [0.25, 0.3) is 5.91 Å². The Bertz CT molecular complexity index is 612. The van der Waals surface area contributed by atoms with Crippen LogP contribution in [-0.2, 0) is 5.54 Å². The van der Waals surface area contributed by atoms with Gasteiger partial charge in [0, 0.05) is 0 Å². The highest BCUT2D eigenvalue weighted by molar-refractivity contribution is 7.12. The summed E-state index contributed by atoms with van der Waals surface area (Å²) in [4.78, 5) is 13.3. The van der Waals surface area contributed by atoms with E-state index in [-0.39, 0.29) is 5.91 Å². The van der Waals surface area contributed by atoms with Crippen LogP contribution in [0.2, 0.25) is 0 Å². The van der Waals surface area contributed by atoms with Crippen LogP contribution in [0.15, 0.2) is 11.4 Å². The van der Waals surface area contributed by atoms with Gasteiger partial charge in [-0.25, -0.2) is 0 Å². The van der Waals surface area contributed by atoms with Crippen LogP contribution in [0.25, 0.3) is 0 Å². The van der Waals surface area contributed by atoms with E-state index in [0.29, 0.717) is 11.7 Å². The van der Waals surface area contributed by atoms with Crippen molar-refractivity contribution in [1.82, 2.24) is 25.9 Å². The minimum Gasteiger partial charge on any atom is -0.338 e. The van der Waals surface area contributed by atoms with E-state index in [2.05, 4.69) is 32.0 Å². The summed E-state index contributed by atoms with van der Waals surface area (Å²) >= 11 is 1.52. The van der Waals surface area contributed by atoms with E-state index in [0.717, 1.165) is 17.7 Å². The highest BCUT2D eigenvalue weighted by atomic mass is 32.1. The average Bonchev–Trinajstić information content (AvgIpc) is 3.29. The van der Waals surface area contributed by atoms with E-state index in [1.54, 1.807) is 0 Å². The van der Waals surface area contributed by atoms with E-state index < -0.39 is 5.54 Å². The predicted octanol–water partition coefficient (Wildman–Crippen LogP) is 1.56. The third-order valence-electron chi connectivity index (χ3n) is 3.80. The van der Waals surface area contributed by atoms with Crippen molar-refractivity contribution >= 4 is 17.2 Å². The summed E-state index contributed by atoms with van der Waals surface area (Å²) in [5, 5.41) is 19.1. The first-order valence-corrected chi connectivity index (χ1v) is 7.30. The molecule has 1 amide bonds. The molecule has 6 nitrogen and oxygen atoms in total. The van der Waals surface area contributed by atoms with Crippen molar-refractivity contribution in [1.29, 1.82) is 0 Å². The number of hydrogen-bond donors (Lipinski definition) is 2. The number of hydrogen-bond acceptors (Lipinski definition) is 5. The molecule has 2 aliphatic rings. The minimum absolute atomic E-state index is 0.000741. The molecule has 0 aliphatic heterocycles. The monoisotopic (exact) mass is 275 g/mol. The number of rotatable bonds is 4. The number of thiophene rings is 1. The van der Waals surface area contributed by atoms with Crippen LogP contribution < -0.4 is 5.32 Å². The SMILES string of the molecule is O=C(NC1(c2nn[nH]n2)CC1)c1sccc1C1CC1. The molecule has 2 fully saturated rings. The van der Waals surface area contributed by atoms with Gasteiger partial charge in [0.15, 0.2) is 5.82 Å². The number of H-pyrrole nitrogens is 1. The largest absolute Gasteiger partial charge is 0.338 e. The van der Waals surface area contributed by atoms with Gasteiger partial charge >= 0.3 is 0 Å². The van der Waals surface area contributed by atoms with Crippen molar-refractivity contribution in [3.05, 3.63) is 27.7 Å². The lowest BCUT2D eigenvalue weighted by atomic mass is 10.1. The molecule has 2 aromatic rings. The quantitative estimate of drug-likeness (QED) is 0.887. The molecule has 2 heterocycles. The Morgan fingerprint density at radius 3 is 2.95 bits per heavy atom. The van der Waals surface area contributed by atoms with Gasteiger partial charge in [0.05, 0.1) is 4.88 Å². The Hall–Kier alpha value is -1.76. The van der Waals surface area contributed by atoms with Crippen LogP contribution in [0.5, 0.6) is 0 Å². The molecule has 19 heavy (non-hydrogen) atoms. The molecule has 0 bridgehead atoms. The summed E-state index contributed by atoms with van der Waals surface area (Å²) in [5.41, 5.74) is 0.806. The molecule has 0 saturated heterocycles. The maximum Gasteiger partial charge on any atom is 0.262 e. The number of aromatic nitrogens is 4. The predicted molar refractivity (Wildman–Crippen MR) is 68.8 cm³/mol. The number of tetrazole rings is 1. The zero-order valence-electron chi connectivity index (χ0n) is 10.2. The molecular weight excluding hydrogens is 262 g/mol. The summed E-state index contributed by atoms with van der Waals surface area (Å²) in [6.07, 6.45) is 4.16. The molecule has 0 unspecified atom stereocenters. The molecular formula is C12H13N5OS. The van der Waals surface area contributed by atoms with E-state index in [1.807, 2.05) is 5.38 Å². The van der Waals surface area contributed by atoms with Crippen molar-refractivity contribution in [2.24, 2.45) is 0 Å². The standard InChI is InChI=1S/C12H13N5OS/c18-10(9-8(3-6-19-9)7-1-2-7)13-12(4-5-12)11-14-16-17-15-11/h3,6-7H,1-2,4-5H2,(H,13,18)(H,14,15,16,17). The molecule has 0 atom stereocenters. The maximum atomic E-state index is 12.4.